The van der Waals surface area contributed by atoms with Gasteiger partial charge in [0.2, 0.25) is 11.4 Å². The van der Waals surface area contributed by atoms with Crippen LogP contribution in [0.5, 0.6) is 5.75 Å². The number of hydrogen-bond acceptors (Lipinski definition) is 4. The van der Waals surface area contributed by atoms with Crippen LogP contribution in [0.4, 0.5) is 32.8 Å². The first-order valence-electron chi connectivity index (χ1n) is 12.1. The molecule has 2 aromatic rings. The van der Waals surface area contributed by atoms with E-state index in [9.17, 15) is 27.6 Å². The van der Waals surface area contributed by atoms with Gasteiger partial charge in [0.1, 0.15) is 18.1 Å². The molecule has 1 atom stereocenters. The number of nitrogens with zero attached hydrogens (tertiary/aromatic N) is 3. The predicted molar refractivity (Wildman–Crippen MR) is 131 cm³/mol. The Labute approximate surface area is 221 Å². The number of benzene rings is 2. The minimum absolute atomic E-state index is 0.127. The zero-order valence-electron chi connectivity index (χ0n) is 21.1. The van der Waals surface area contributed by atoms with Crippen molar-refractivity contribution in [2.45, 2.75) is 37.6 Å². The molecule has 2 aliphatic heterocycles. The molecule has 2 heterocycles. The molecular weight excluding hydrogens is 520 g/mol. The number of alkyl halides is 3. The molecular formula is C27H24F4N4O4. The second-order valence-corrected chi connectivity index (χ2v) is 9.70. The maximum atomic E-state index is 15.5. The third kappa shape index (κ3) is 4.62. The van der Waals surface area contributed by atoms with Gasteiger partial charge >= 0.3 is 18.2 Å². The molecule has 5 rings (SSSR count). The van der Waals surface area contributed by atoms with Crippen molar-refractivity contribution < 1.29 is 36.7 Å². The minimum atomic E-state index is -5.06. The van der Waals surface area contributed by atoms with Crippen molar-refractivity contribution in [1.29, 1.82) is 0 Å². The lowest BCUT2D eigenvalue weighted by molar-refractivity contribution is -0.204. The average Bonchev–Trinajstić information content (AvgIpc) is 3.66. The predicted octanol–water partition coefficient (Wildman–Crippen LogP) is 4.13. The molecule has 1 N–H and O–H groups in total. The number of imide groups is 1. The van der Waals surface area contributed by atoms with Crippen LogP contribution in [0.1, 0.15) is 29.5 Å². The van der Waals surface area contributed by atoms with Crippen molar-refractivity contribution in [3.63, 3.8) is 0 Å². The summed E-state index contributed by atoms with van der Waals surface area (Å²) in [5, 5.41) is 2.08. The number of carbonyl (C=O) groups is 3. The first kappa shape index (κ1) is 26.3. The number of hydrogen-bond donors (Lipinski definition) is 1. The molecule has 1 saturated carbocycles. The second-order valence-electron chi connectivity index (χ2n) is 9.70. The number of nitrogens with one attached hydrogen (secondary N) is 1. The van der Waals surface area contributed by atoms with Gasteiger partial charge in [0.05, 0.1) is 25.9 Å². The summed E-state index contributed by atoms with van der Waals surface area (Å²) in [6.45, 7) is -0.840. The molecule has 0 aromatic heterocycles. The van der Waals surface area contributed by atoms with Crippen LogP contribution >= 0.6 is 0 Å². The Hall–Kier alpha value is -4.27. The standard InChI is InChI=1S/C27H24F4N4O4/c1-33-25(38)35(13-17-5-7-19(39-2)8-6-17)22-11-18(14-34-15-23(36)32-24(34)37)21(28)12-20(22)26(33,27(29,30)31)10-9-16-3-4-16/h5-8,11-12,16H,3-4,13-15H2,1-2H3,(H,32,36,37). The van der Waals surface area contributed by atoms with Gasteiger partial charge in [-0.2, -0.15) is 13.2 Å². The SMILES string of the molecule is COc1ccc(CN2C(=O)N(C)C(C#CC3CC3)(C(F)(F)F)c3cc(F)c(CN4CC(=O)NC4=O)cc32)cc1. The summed E-state index contributed by atoms with van der Waals surface area (Å²) in [4.78, 5) is 39.9. The number of methoxy groups -OCH3 is 1. The van der Waals surface area contributed by atoms with E-state index in [1.54, 1.807) is 24.3 Å². The molecule has 5 amide bonds. The smallest absolute Gasteiger partial charge is 0.427 e. The molecule has 12 heteroatoms. The first-order chi connectivity index (χ1) is 18.4. The highest BCUT2D eigenvalue weighted by Gasteiger charge is 2.64. The Balaban J connectivity index is 1.67. The maximum absolute atomic E-state index is 15.5. The molecule has 8 nitrogen and oxygen atoms in total. The van der Waals surface area contributed by atoms with Gasteiger partial charge in [0, 0.05) is 24.1 Å². The van der Waals surface area contributed by atoms with Gasteiger partial charge in [0.15, 0.2) is 0 Å². The van der Waals surface area contributed by atoms with E-state index >= 15 is 4.39 Å². The lowest BCUT2D eigenvalue weighted by Crippen LogP contribution is -2.62. The van der Waals surface area contributed by atoms with Crippen molar-refractivity contribution in [2.24, 2.45) is 5.92 Å². The number of rotatable bonds is 5. The molecule has 39 heavy (non-hydrogen) atoms. The summed E-state index contributed by atoms with van der Waals surface area (Å²) >= 11 is 0. The molecule has 0 bridgehead atoms. The fraction of sp³-hybridized carbons (Fsp3) is 0.370. The summed E-state index contributed by atoms with van der Waals surface area (Å²) in [7, 11) is 2.49. The van der Waals surface area contributed by atoms with Crippen LogP contribution in [0.3, 0.4) is 0 Å². The van der Waals surface area contributed by atoms with Crippen LogP contribution in [0, 0.1) is 23.6 Å². The van der Waals surface area contributed by atoms with Crippen molar-refractivity contribution in [2.75, 3.05) is 25.6 Å². The van der Waals surface area contributed by atoms with E-state index in [1.807, 2.05) is 0 Å². The van der Waals surface area contributed by atoms with Crippen molar-refractivity contribution >= 4 is 23.7 Å². The highest BCUT2D eigenvalue weighted by Crippen LogP contribution is 2.51. The fourth-order valence-corrected chi connectivity index (χ4v) is 4.73. The highest BCUT2D eigenvalue weighted by molar-refractivity contribution is 6.02. The van der Waals surface area contributed by atoms with Gasteiger partial charge in [-0.25, -0.2) is 14.0 Å². The summed E-state index contributed by atoms with van der Waals surface area (Å²) in [5.41, 5.74) is -3.36. The van der Waals surface area contributed by atoms with E-state index < -0.39 is 41.1 Å². The van der Waals surface area contributed by atoms with E-state index in [0.29, 0.717) is 29.1 Å². The van der Waals surface area contributed by atoms with Crippen LogP contribution in [0.15, 0.2) is 36.4 Å². The number of ether oxygens (including phenoxy) is 1. The Morgan fingerprint density at radius 3 is 2.36 bits per heavy atom. The zero-order valence-corrected chi connectivity index (χ0v) is 21.1. The zero-order chi connectivity index (χ0) is 28.1. The first-order valence-corrected chi connectivity index (χ1v) is 12.1. The Morgan fingerprint density at radius 2 is 1.79 bits per heavy atom. The Bertz CT molecular complexity index is 1410. The van der Waals surface area contributed by atoms with Gasteiger partial charge in [-0.15, -0.1) is 0 Å². The van der Waals surface area contributed by atoms with Gasteiger partial charge in [0.25, 0.3) is 0 Å². The molecule has 1 aliphatic carbocycles. The van der Waals surface area contributed by atoms with E-state index in [4.69, 9.17) is 4.74 Å². The summed E-state index contributed by atoms with van der Waals surface area (Å²) in [6, 6.07) is 6.76. The number of amides is 5. The number of anilines is 1. The number of carbonyl (C=O) groups excluding carboxylic acids is 3. The monoisotopic (exact) mass is 544 g/mol. The number of halogens is 4. The van der Waals surface area contributed by atoms with Gasteiger partial charge in [-0.1, -0.05) is 24.0 Å². The van der Waals surface area contributed by atoms with Crippen LogP contribution in [0.25, 0.3) is 0 Å². The molecule has 0 spiro atoms. The third-order valence-corrected chi connectivity index (χ3v) is 7.04. The maximum Gasteiger partial charge on any atom is 0.427 e. The van der Waals surface area contributed by atoms with Gasteiger partial charge < -0.3 is 9.64 Å². The average molecular weight is 545 g/mol. The van der Waals surface area contributed by atoms with Crippen LogP contribution in [-0.2, 0) is 23.4 Å². The largest absolute Gasteiger partial charge is 0.497 e. The van der Waals surface area contributed by atoms with Gasteiger partial charge in [-0.05, 0) is 42.7 Å². The normalized spacial score (nSPS) is 21.0. The van der Waals surface area contributed by atoms with E-state index in [1.165, 1.54) is 7.11 Å². The number of urea groups is 2. The molecule has 2 fully saturated rings. The third-order valence-electron chi connectivity index (χ3n) is 7.04. The van der Waals surface area contributed by atoms with Crippen molar-refractivity contribution in [1.82, 2.24) is 15.1 Å². The van der Waals surface area contributed by atoms with Crippen LogP contribution < -0.4 is 15.0 Å². The van der Waals surface area contributed by atoms with Crippen molar-refractivity contribution in [3.05, 3.63) is 58.9 Å². The summed E-state index contributed by atoms with van der Waals surface area (Å²) in [6.07, 6.45) is -3.76. The van der Waals surface area contributed by atoms with E-state index in [-0.39, 0.29) is 36.8 Å². The Kier molecular flexibility index (Phi) is 6.40. The molecule has 0 radical (unpaired) electrons. The molecule has 1 saturated heterocycles. The van der Waals surface area contributed by atoms with Crippen LogP contribution in [0.2, 0.25) is 0 Å². The molecule has 1 unspecified atom stereocenters. The van der Waals surface area contributed by atoms with E-state index in [0.717, 1.165) is 29.0 Å². The number of fused-ring (bicyclic) bond motifs is 1. The second kappa shape index (κ2) is 9.48. The lowest BCUT2D eigenvalue weighted by atomic mass is 9.83. The van der Waals surface area contributed by atoms with Crippen LogP contribution in [-0.4, -0.2) is 54.6 Å². The molecule has 204 valence electrons. The summed E-state index contributed by atoms with van der Waals surface area (Å²) < 4.78 is 65.3. The van der Waals surface area contributed by atoms with E-state index in [2.05, 4.69) is 17.2 Å². The Morgan fingerprint density at radius 1 is 1.10 bits per heavy atom. The minimum Gasteiger partial charge on any atom is -0.497 e. The lowest BCUT2D eigenvalue weighted by Gasteiger charge is -2.47. The quantitative estimate of drug-likeness (QED) is 0.349. The van der Waals surface area contributed by atoms with Crippen molar-refractivity contribution in [3.8, 4) is 17.6 Å². The molecule has 2 aromatic carbocycles. The van der Waals surface area contributed by atoms with Gasteiger partial charge in [-0.3, -0.25) is 19.9 Å². The topological polar surface area (TPSA) is 82.2 Å². The fourth-order valence-electron chi connectivity index (χ4n) is 4.73. The highest BCUT2D eigenvalue weighted by atomic mass is 19.4. The molecule has 3 aliphatic rings. The summed E-state index contributed by atoms with van der Waals surface area (Å²) in [5.74, 6) is 3.67.